The van der Waals surface area contributed by atoms with Gasteiger partial charge in [-0.05, 0) is 67.0 Å². The molecular weight excluding hydrogens is 476 g/mol. The van der Waals surface area contributed by atoms with Gasteiger partial charge in [0.05, 0.1) is 17.6 Å². The summed E-state index contributed by atoms with van der Waals surface area (Å²) in [6.07, 6.45) is 5.08. The predicted octanol–water partition coefficient (Wildman–Crippen LogP) is 8.31. The van der Waals surface area contributed by atoms with Crippen LogP contribution in [0.25, 0.3) is 0 Å². The zero-order chi connectivity index (χ0) is 26.7. The highest BCUT2D eigenvalue weighted by molar-refractivity contribution is 6.08. The van der Waals surface area contributed by atoms with Crippen LogP contribution >= 0.6 is 0 Å². The average molecular weight is 523 g/mol. The quantitative estimate of drug-likeness (QED) is 0.291. The van der Waals surface area contributed by atoms with Gasteiger partial charge in [-0.3, -0.25) is 0 Å². The highest BCUT2D eigenvalue weighted by Crippen LogP contribution is 2.54. The lowest BCUT2D eigenvalue weighted by Crippen LogP contribution is -2.47. The van der Waals surface area contributed by atoms with Crippen molar-refractivity contribution in [3.05, 3.63) is 89.0 Å². The molecule has 7 rings (SSSR count). The van der Waals surface area contributed by atoms with Gasteiger partial charge in [0, 0.05) is 52.5 Å². The number of hydrogen-bond donors (Lipinski definition) is 0. The average Bonchev–Trinajstić information content (AvgIpc) is 3.26. The Morgan fingerprint density at radius 2 is 1.51 bits per heavy atom. The summed E-state index contributed by atoms with van der Waals surface area (Å²) in [5, 5.41) is 0. The second kappa shape index (κ2) is 8.67. The van der Waals surface area contributed by atoms with Crippen LogP contribution < -0.4 is 4.90 Å². The summed E-state index contributed by atoms with van der Waals surface area (Å²) in [5.41, 5.74) is 14.3. The number of fused-ring (bicyclic) bond motifs is 8. The van der Waals surface area contributed by atoms with Crippen molar-refractivity contribution in [1.82, 2.24) is 0 Å². The Labute approximate surface area is 236 Å². The van der Waals surface area contributed by atoms with Gasteiger partial charge in [-0.15, -0.1) is 0 Å². The van der Waals surface area contributed by atoms with Gasteiger partial charge in [-0.2, -0.15) is 4.58 Å². The van der Waals surface area contributed by atoms with Gasteiger partial charge in [-0.25, -0.2) is 0 Å². The molecule has 3 nitrogen and oxygen atoms in total. The van der Waals surface area contributed by atoms with Crippen molar-refractivity contribution >= 4 is 17.1 Å². The molecule has 2 atom stereocenters. The van der Waals surface area contributed by atoms with Crippen molar-refractivity contribution in [3.63, 3.8) is 0 Å². The summed E-state index contributed by atoms with van der Waals surface area (Å²) in [4.78, 5) is 2.61. The van der Waals surface area contributed by atoms with E-state index in [-0.39, 0.29) is 30.5 Å². The Morgan fingerprint density at radius 3 is 2.21 bits per heavy atom. The van der Waals surface area contributed by atoms with Crippen molar-refractivity contribution in [3.8, 4) is 0 Å². The number of rotatable bonds is 2. The molecule has 0 saturated carbocycles. The Balaban J connectivity index is 0.00000277. The largest absolute Gasteiger partial charge is 0.365 e. The highest BCUT2D eigenvalue weighted by Gasteiger charge is 2.54. The van der Waals surface area contributed by atoms with E-state index < -0.39 is 0 Å². The number of anilines is 1. The smallest absolute Gasteiger partial charge is 0.209 e. The first-order valence-corrected chi connectivity index (χ1v) is 14.8. The van der Waals surface area contributed by atoms with Crippen LogP contribution in [0.5, 0.6) is 0 Å². The first-order chi connectivity index (χ1) is 18.0. The van der Waals surface area contributed by atoms with E-state index in [1.807, 2.05) is 0 Å². The summed E-state index contributed by atoms with van der Waals surface area (Å²) in [6.45, 7) is 21.0. The molecule has 3 heteroatoms. The van der Waals surface area contributed by atoms with E-state index in [9.17, 15) is 0 Å². The van der Waals surface area contributed by atoms with Crippen molar-refractivity contribution < 1.29 is 9.31 Å². The van der Waals surface area contributed by atoms with E-state index in [0.29, 0.717) is 11.8 Å². The molecule has 2 aromatic rings. The van der Waals surface area contributed by atoms with Crippen LogP contribution in [0.15, 0.2) is 59.3 Å². The maximum Gasteiger partial charge on any atom is 0.209 e. The van der Waals surface area contributed by atoms with E-state index in [4.69, 9.17) is 4.74 Å². The fourth-order valence-corrected chi connectivity index (χ4v) is 8.05. The Bertz CT molecular complexity index is 1460. The molecule has 0 amide bonds. The zero-order valence-corrected chi connectivity index (χ0v) is 25.5. The maximum absolute atomic E-state index is 7.02. The van der Waals surface area contributed by atoms with Crippen LogP contribution in [0.2, 0.25) is 0 Å². The lowest BCUT2D eigenvalue weighted by Gasteiger charge is -2.42. The van der Waals surface area contributed by atoms with Crippen LogP contribution in [0.3, 0.4) is 0 Å². The summed E-state index contributed by atoms with van der Waals surface area (Å²) in [7, 11) is 0. The van der Waals surface area contributed by atoms with Gasteiger partial charge in [0.1, 0.15) is 0 Å². The first-order valence-electron chi connectivity index (χ1n) is 14.8. The summed E-state index contributed by atoms with van der Waals surface area (Å²) in [6, 6.07) is 14.4. The molecule has 0 fully saturated rings. The summed E-state index contributed by atoms with van der Waals surface area (Å²) >= 11 is 0. The Morgan fingerprint density at radius 1 is 0.846 bits per heavy atom. The molecule has 5 aliphatic heterocycles. The molecule has 2 unspecified atom stereocenters. The third kappa shape index (κ3) is 3.54. The SMILES string of the molecule is CC(C)c1ccc2c(c1)C(C)(C)C1=C3C=C4C5=[N+](CCC4OC3CCN12)c1ccc(C(C)C)cc1C5(C)C.[CH3-]. The number of benzene rings is 2. The zero-order valence-electron chi connectivity index (χ0n) is 25.5. The Kier molecular flexibility index (Phi) is 5.91. The van der Waals surface area contributed by atoms with E-state index in [1.54, 1.807) is 0 Å². The van der Waals surface area contributed by atoms with Gasteiger partial charge < -0.3 is 17.1 Å². The lowest BCUT2D eigenvalue weighted by molar-refractivity contribution is -0.445. The molecule has 2 aromatic carbocycles. The van der Waals surface area contributed by atoms with Gasteiger partial charge in [0.15, 0.2) is 12.3 Å². The van der Waals surface area contributed by atoms with Crippen molar-refractivity contribution in [2.45, 2.75) is 103 Å². The van der Waals surface area contributed by atoms with Crippen LogP contribution in [-0.4, -0.2) is 35.6 Å². The Hall–Kier alpha value is -2.65. The van der Waals surface area contributed by atoms with Crippen molar-refractivity contribution in [2.75, 3.05) is 18.0 Å². The summed E-state index contributed by atoms with van der Waals surface area (Å²) in [5.74, 6) is 1.07. The molecule has 0 aliphatic carbocycles. The molecule has 0 aromatic heterocycles. The highest BCUT2D eigenvalue weighted by atomic mass is 16.5. The van der Waals surface area contributed by atoms with Gasteiger partial charge in [0.2, 0.25) is 5.69 Å². The topological polar surface area (TPSA) is 15.5 Å². The van der Waals surface area contributed by atoms with Crippen LogP contribution in [0.4, 0.5) is 11.4 Å². The molecule has 0 saturated heterocycles. The molecular formula is C36H46N2O. The third-order valence-corrected chi connectivity index (χ3v) is 10.1. The predicted molar refractivity (Wildman–Crippen MR) is 164 cm³/mol. The maximum atomic E-state index is 7.02. The second-order valence-electron chi connectivity index (χ2n) is 13.9. The molecule has 206 valence electrons. The molecule has 0 N–H and O–H groups in total. The minimum absolute atomic E-state index is 0. The van der Waals surface area contributed by atoms with Crippen molar-refractivity contribution in [2.24, 2.45) is 0 Å². The first kappa shape index (κ1) is 26.6. The van der Waals surface area contributed by atoms with Gasteiger partial charge in [-0.1, -0.05) is 59.7 Å². The molecule has 0 spiro atoms. The van der Waals surface area contributed by atoms with E-state index in [1.165, 1.54) is 56.2 Å². The number of nitrogens with zero attached hydrogens (tertiary/aromatic N) is 2. The third-order valence-electron chi connectivity index (χ3n) is 10.1. The standard InChI is InChI=1S/C35H43N2O.CH3/c1-20(2)22-9-11-28-26(17-22)34(5,6)32-24-19-25-31(38-30(24)13-15-36(28)32)14-16-37-29-12-10-23(21(3)4)18-27(29)35(7,8)33(25)37;/h9-12,17-21,30-31H,13-16H2,1-8H3;1H3/q+1;-1. The van der Waals surface area contributed by atoms with E-state index in [2.05, 4.69) is 107 Å². The molecule has 39 heavy (non-hydrogen) atoms. The molecule has 5 aliphatic rings. The monoisotopic (exact) mass is 522 g/mol. The van der Waals surface area contributed by atoms with Crippen LogP contribution in [-0.2, 0) is 15.6 Å². The number of allylic oxidation sites excluding steroid dienone is 1. The van der Waals surface area contributed by atoms with Gasteiger partial charge >= 0.3 is 0 Å². The van der Waals surface area contributed by atoms with Crippen LogP contribution in [0.1, 0.15) is 102 Å². The minimum Gasteiger partial charge on any atom is -0.365 e. The van der Waals surface area contributed by atoms with E-state index >= 15 is 0 Å². The summed E-state index contributed by atoms with van der Waals surface area (Å²) < 4.78 is 9.63. The lowest BCUT2D eigenvalue weighted by atomic mass is 9.73. The van der Waals surface area contributed by atoms with Crippen LogP contribution in [0, 0.1) is 7.43 Å². The van der Waals surface area contributed by atoms with Gasteiger partial charge in [0.25, 0.3) is 0 Å². The molecule has 0 radical (unpaired) electrons. The van der Waals surface area contributed by atoms with Crippen molar-refractivity contribution in [1.29, 1.82) is 0 Å². The number of ether oxygens (including phenoxy) is 1. The number of hydrogen-bond acceptors (Lipinski definition) is 2. The minimum atomic E-state index is -0.0408. The fourth-order valence-electron chi connectivity index (χ4n) is 8.05. The fraction of sp³-hybridized carbons (Fsp3) is 0.500. The van der Waals surface area contributed by atoms with E-state index in [0.717, 1.165) is 25.9 Å². The molecule has 0 bridgehead atoms. The second-order valence-corrected chi connectivity index (χ2v) is 13.9. The normalized spacial score (nSPS) is 25.5. The molecule has 5 heterocycles.